The molecule has 6 nitrogen and oxygen atoms in total. The van der Waals surface area contributed by atoms with Gasteiger partial charge < -0.3 is 24.6 Å². The summed E-state index contributed by atoms with van der Waals surface area (Å²) in [7, 11) is 1.71. The maximum absolute atomic E-state index is 9.26. The van der Waals surface area contributed by atoms with E-state index in [-0.39, 0.29) is 18.7 Å². The highest BCUT2D eigenvalue weighted by atomic mass is 32.1. The van der Waals surface area contributed by atoms with E-state index in [0.717, 1.165) is 17.9 Å². The van der Waals surface area contributed by atoms with Crippen LogP contribution in [0.5, 0.6) is 0 Å². The molecule has 3 heterocycles. The number of nitrogens with one attached hydrogen (secondary N) is 1. The van der Waals surface area contributed by atoms with E-state index in [9.17, 15) is 5.11 Å². The molecule has 1 saturated heterocycles. The summed E-state index contributed by atoms with van der Waals surface area (Å²) < 4.78 is 7.44. The summed E-state index contributed by atoms with van der Waals surface area (Å²) in [5, 5.41) is 13.4. The molecule has 0 amide bonds. The molecule has 0 aromatic carbocycles. The highest BCUT2D eigenvalue weighted by molar-refractivity contribution is 7.80. The molecule has 1 aliphatic heterocycles. The van der Waals surface area contributed by atoms with Gasteiger partial charge in [0, 0.05) is 44.9 Å². The zero-order valence-corrected chi connectivity index (χ0v) is 15.2. The lowest BCUT2D eigenvalue weighted by molar-refractivity contribution is 0.183. The van der Waals surface area contributed by atoms with E-state index in [1.54, 1.807) is 13.3 Å². The van der Waals surface area contributed by atoms with Gasteiger partial charge in [-0.3, -0.25) is 4.98 Å². The summed E-state index contributed by atoms with van der Waals surface area (Å²) in [6.45, 7) is 2.28. The van der Waals surface area contributed by atoms with Gasteiger partial charge in [-0.1, -0.05) is 6.07 Å². The smallest absolute Gasteiger partial charge is 0.170 e. The van der Waals surface area contributed by atoms with Gasteiger partial charge in [-0.05, 0) is 42.9 Å². The molecule has 7 heteroatoms. The predicted octanol–water partition coefficient (Wildman–Crippen LogP) is 1.88. The van der Waals surface area contributed by atoms with Gasteiger partial charge in [-0.25, -0.2) is 0 Å². The molecule has 25 heavy (non-hydrogen) atoms. The summed E-state index contributed by atoms with van der Waals surface area (Å²) in [5.41, 5.74) is 2.12. The number of aliphatic hydroxyl groups is 1. The van der Waals surface area contributed by atoms with Crippen LogP contribution in [0.3, 0.4) is 0 Å². The Morgan fingerprint density at radius 3 is 2.88 bits per heavy atom. The molecule has 0 saturated carbocycles. The Hall–Kier alpha value is -1.96. The van der Waals surface area contributed by atoms with Gasteiger partial charge in [0.05, 0.1) is 24.4 Å². The second kappa shape index (κ2) is 8.42. The number of nitrogens with zero attached hydrogens (tertiary/aromatic N) is 3. The molecule has 3 rings (SSSR count). The van der Waals surface area contributed by atoms with Crippen LogP contribution < -0.4 is 5.32 Å². The highest BCUT2D eigenvalue weighted by Crippen LogP contribution is 2.38. The standard InChI is InChI=1S/C18H24N4O2S/c1-24-13-11-21-9-4-7-15(21)17-16(14-6-2-3-8-19-14)20-18(25)22(17)10-5-12-23/h2-4,6-9,16-17,23H,5,10-13H2,1H3,(H,20,25)/t16-,17+/m1/s1. The van der Waals surface area contributed by atoms with E-state index in [2.05, 4.69) is 32.0 Å². The molecule has 1 aliphatic rings. The van der Waals surface area contributed by atoms with Crippen LogP contribution in [0.2, 0.25) is 0 Å². The van der Waals surface area contributed by atoms with Crippen LogP contribution in [0.15, 0.2) is 42.7 Å². The van der Waals surface area contributed by atoms with Gasteiger partial charge >= 0.3 is 0 Å². The van der Waals surface area contributed by atoms with Crippen molar-refractivity contribution >= 4 is 17.3 Å². The minimum absolute atomic E-state index is 0.0245. The maximum atomic E-state index is 9.26. The zero-order valence-electron chi connectivity index (χ0n) is 14.3. The number of rotatable bonds is 8. The number of pyridine rings is 1. The largest absolute Gasteiger partial charge is 0.396 e. The SMILES string of the molecule is COCCn1cccc1[C@H]1[C@@H](c2ccccn2)NC(=S)N1CCCO. The van der Waals surface area contributed by atoms with E-state index in [0.29, 0.717) is 24.7 Å². The number of thiocarbonyl (C=S) groups is 1. The molecule has 0 spiro atoms. The first kappa shape index (κ1) is 17.8. The Bertz CT molecular complexity index is 691. The highest BCUT2D eigenvalue weighted by Gasteiger charge is 2.40. The van der Waals surface area contributed by atoms with E-state index in [1.807, 2.05) is 24.3 Å². The van der Waals surface area contributed by atoms with Gasteiger partial charge in [-0.2, -0.15) is 0 Å². The first-order valence-corrected chi connectivity index (χ1v) is 8.90. The molecular weight excluding hydrogens is 336 g/mol. The third kappa shape index (κ3) is 3.84. The van der Waals surface area contributed by atoms with E-state index in [4.69, 9.17) is 17.0 Å². The van der Waals surface area contributed by atoms with Gasteiger partial charge in [0.2, 0.25) is 0 Å². The first-order chi connectivity index (χ1) is 12.3. The van der Waals surface area contributed by atoms with Crippen molar-refractivity contribution in [3.63, 3.8) is 0 Å². The number of aliphatic hydroxyl groups excluding tert-OH is 1. The van der Waals surface area contributed by atoms with Crippen molar-refractivity contribution in [1.82, 2.24) is 19.8 Å². The van der Waals surface area contributed by atoms with Gasteiger partial charge in [0.1, 0.15) is 0 Å². The average Bonchev–Trinajstić information content (AvgIpc) is 3.22. The van der Waals surface area contributed by atoms with Crippen molar-refractivity contribution in [2.24, 2.45) is 0 Å². The third-order valence-corrected chi connectivity index (χ3v) is 4.81. The van der Waals surface area contributed by atoms with Gasteiger partial charge in [-0.15, -0.1) is 0 Å². The topological polar surface area (TPSA) is 62.5 Å². The van der Waals surface area contributed by atoms with Crippen molar-refractivity contribution in [2.45, 2.75) is 25.0 Å². The van der Waals surface area contributed by atoms with Crippen LogP contribution in [0.4, 0.5) is 0 Å². The maximum Gasteiger partial charge on any atom is 0.170 e. The quantitative estimate of drug-likeness (QED) is 0.701. The molecule has 0 aliphatic carbocycles. The molecular formula is C18H24N4O2S. The summed E-state index contributed by atoms with van der Waals surface area (Å²) in [5.74, 6) is 0. The summed E-state index contributed by atoms with van der Waals surface area (Å²) in [6.07, 6.45) is 4.54. The number of hydrogen-bond donors (Lipinski definition) is 2. The fourth-order valence-corrected chi connectivity index (χ4v) is 3.63. The molecule has 2 N–H and O–H groups in total. The Morgan fingerprint density at radius 2 is 2.16 bits per heavy atom. The second-order valence-electron chi connectivity index (χ2n) is 6.02. The minimum atomic E-state index is -0.0245. The Labute approximate surface area is 153 Å². The average molecular weight is 360 g/mol. The fourth-order valence-electron chi connectivity index (χ4n) is 3.30. The van der Waals surface area contributed by atoms with Crippen LogP contribution in [0.25, 0.3) is 0 Å². The van der Waals surface area contributed by atoms with Crippen LogP contribution in [0, 0.1) is 0 Å². The Balaban J connectivity index is 1.96. The van der Waals surface area contributed by atoms with Crippen LogP contribution in [-0.2, 0) is 11.3 Å². The molecule has 2 aromatic rings. The number of aromatic nitrogens is 2. The van der Waals surface area contributed by atoms with Crippen LogP contribution in [0.1, 0.15) is 29.9 Å². The van der Waals surface area contributed by atoms with Crippen molar-refractivity contribution < 1.29 is 9.84 Å². The molecule has 2 atom stereocenters. The van der Waals surface area contributed by atoms with Gasteiger partial charge in [0.15, 0.2) is 5.11 Å². The normalized spacial score (nSPS) is 20.1. The minimum Gasteiger partial charge on any atom is -0.396 e. The molecule has 134 valence electrons. The van der Waals surface area contributed by atoms with Crippen LogP contribution in [-0.4, -0.2) is 51.5 Å². The van der Waals surface area contributed by atoms with E-state index >= 15 is 0 Å². The number of hydrogen-bond acceptors (Lipinski definition) is 4. The van der Waals surface area contributed by atoms with Crippen LogP contribution >= 0.6 is 12.2 Å². The van der Waals surface area contributed by atoms with Crippen molar-refractivity contribution in [1.29, 1.82) is 0 Å². The summed E-state index contributed by atoms with van der Waals surface area (Å²) in [4.78, 5) is 6.69. The predicted molar refractivity (Wildman–Crippen MR) is 100 cm³/mol. The molecule has 0 bridgehead atoms. The summed E-state index contributed by atoms with van der Waals surface area (Å²) in [6, 6.07) is 10.1. The van der Waals surface area contributed by atoms with Gasteiger partial charge in [0.25, 0.3) is 0 Å². The molecule has 0 unspecified atom stereocenters. The molecule has 0 radical (unpaired) electrons. The fraction of sp³-hybridized carbons (Fsp3) is 0.444. The van der Waals surface area contributed by atoms with Crippen molar-refractivity contribution in [3.05, 3.63) is 54.1 Å². The zero-order chi connectivity index (χ0) is 17.6. The third-order valence-electron chi connectivity index (χ3n) is 4.46. The Kier molecular flexibility index (Phi) is 6.01. The van der Waals surface area contributed by atoms with E-state index < -0.39 is 0 Å². The lowest BCUT2D eigenvalue weighted by Gasteiger charge is -2.28. The number of ether oxygens (including phenoxy) is 1. The molecule has 2 aromatic heterocycles. The lowest BCUT2D eigenvalue weighted by Crippen LogP contribution is -2.32. The lowest BCUT2D eigenvalue weighted by atomic mass is 10.0. The first-order valence-electron chi connectivity index (χ1n) is 8.49. The second-order valence-corrected chi connectivity index (χ2v) is 6.40. The van der Waals surface area contributed by atoms with Crippen molar-refractivity contribution in [3.8, 4) is 0 Å². The Morgan fingerprint density at radius 1 is 1.28 bits per heavy atom. The van der Waals surface area contributed by atoms with E-state index in [1.165, 1.54) is 0 Å². The molecule has 1 fully saturated rings. The monoisotopic (exact) mass is 360 g/mol. The number of methoxy groups -OCH3 is 1. The summed E-state index contributed by atoms with van der Waals surface area (Å²) >= 11 is 5.58. The van der Waals surface area contributed by atoms with Crippen molar-refractivity contribution in [2.75, 3.05) is 26.9 Å².